The maximum Gasteiger partial charge on any atom is 0.471 e. The first-order valence-corrected chi connectivity index (χ1v) is 9.78. The Hall–Kier alpha value is -2.84. The SMILES string of the molecule is COc1cccc(N(CN2C(=O)C3C4C=CC(C5CC45)C3C2=O)C(=O)C(F)(F)F)c1. The van der Waals surface area contributed by atoms with Gasteiger partial charge in [-0.05, 0) is 42.2 Å². The number of amides is 3. The quantitative estimate of drug-likeness (QED) is 0.555. The van der Waals surface area contributed by atoms with Crippen LogP contribution in [-0.4, -0.2) is 42.6 Å². The molecule has 2 bridgehead atoms. The Balaban J connectivity index is 1.47. The fraction of sp³-hybridized carbons (Fsp3) is 0.476. The van der Waals surface area contributed by atoms with E-state index >= 15 is 0 Å². The highest BCUT2D eigenvalue weighted by atomic mass is 19.4. The number of imide groups is 1. The minimum Gasteiger partial charge on any atom is -0.497 e. The largest absolute Gasteiger partial charge is 0.497 e. The van der Waals surface area contributed by atoms with Crippen LogP contribution in [0.3, 0.4) is 0 Å². The number of rotatable bonds is 4. The number of anilines is 1. The van der Waals surface area contributed by atoms with Crippen molar-refractivity contribution in [1.29, 1.82) is 0 Å². The Morgan fingerprint density at radius 1 is 1.13 bits per heavy atom. The fourth-order valence-corrected chi connectivity index (χ4v) is 5.49. The van der Waals surface area contributed by atoms with Crippen LogP contribution < -0.4 is 9.64 Å². The third-order valence-electron chi connectivity index (χ3n) is 6.89. The number of benzene rings is 1. The lowest BCUT2D eigenvalue weighted by Gasteiger charge is -2.37. The molecule has 1 aliphatic heterocycles. The molecular formula is C21H19F3N2O4. The molecule has 0 aromatic heterocycles. The number of ether oxygens (including phenoxy) is 1. The van der Waals surface area contributed by atoms with E-state index in [0.717, 1.165) is 11.3 Å². The van der Waals surface area contributed by atoms with Crippen LogP contribution in [0.25, 0.3) is 0 Å². The second-order valence-electron chi connectivity index (χ2n) is 8.33. The Bertz CT molecular complexity index is 939. The predicted molar refractivity (Wildman–Crippen MR) is 98.0 cm³/mol. The average molecular weight is 420 g/mol. The van der Waals surface area contributed by atoms with Gasteiger partial charge in [-0.3, -0.25) is 24.2 Å². The zero-order valence-corrected chi connectivity index (χ0v) is 16.0. The van der Waals surface area contributed by atoms with Crippen LogP contribution in [0.1, 0.15) is 6.42 Å². The summed E-state index contributed by atoms with van der Waals surface area (Å²) in [6, 6.07) is 5.54. The van der Waals surface area contributed by atoms with Gasteiger partial charge in [-0.2, -0.15) is 13.2 Å². The summed E-state index contributed by atoms with van der Waals surface area (Å²) in [6.07, 6.45) is -0.215. The number of likely N-dealkylation sites (tertiary alicyclic amines) is 1. The van der Waals surface area contributed by atoms with E-state index in [1.54, 1.807) is 0 Å². The maximum absolute atomic E-state index is 13.3. The lowest BCUT2D eigenvalue weighted by molar-refractivity contribution is -0.171. The number of hydrogen-bond acceptors (Lipinski definition) is 4. The Morgan fingerprint density at radius 2 is 1.73 bits per heavy atom. The van der Waals surface area contributed by atoms with Gasteiger partial charge in [0.2, 0.25) is 11.8 Å². The van der Waals surface area contributed by atoms with Crippen molar-refractivity contribution in [2.45, 2.75) is 12.6 Å². The van der Waals surface area contributed by atoms with Gasteiger partial charge in [-0.15, -0.1) is 0 Å². The van der Waals surface area contributed by atoms with Crippen molar-refractivity contribution in [3.05, 3.63) is 36.4 Å². The molecule has 5 aliphatic rings. The highest BCUT2D eigenvalue weighted by molar-refractivity contribution is 6.07. The molecule has 4 aliphatic carbocycles. The topological polar surface area (TPSA) is 66.9 Å². The lowest BCUT2D eigenvalue weighted by atomic mass is 9.63. The molecule has 1 aromatic rings. The first kappa shape index (κ1) is 19.1. The van der Waals surface area contributed by atoms with Crippen LogP contribution in [0.5, 0.6) is 5.75 Å². The minimum absolute atomic E-state index is 0.0463. The molecule has 9 heteroatoms. The van der Waals surface area contributed by atoms with Crippen LogP contribution in [0, 0.1) is 35.5 Å². The van der Waals surface area contributed by atoms with Crippen molar-refractivity contribution in [3.63, 3.8) is 0 Å². The second kappa shape index (κ2) is 6.33. The van der Waals surface area contributed by atoms with Gasteiger partial charge in [0.1, 0.15) is 12.4 Å². The number of halogens is 3. The zero-order valence-electron chi connectivity index (χ0n) is 16.0. The Kier molecular flexibility index (Phi) is 4.04. The molecular weight excluding hydrogens is 401 g/mol. The van der Waals surface area contributed by atoms with Gasteiger partial charge >= 0.3 is 12.1 Å². The van der Waals surface area contributed by atoms with E-state index < -0.39 is 42.4 Å². The third kappa shape index (κ3) is 2.67. The lowest BCUT2D eigenvalue weighted by Crippen LogP contribution is -2.49. The van der Waals surface area contributed by atoms with Gasteiger partial charge in [0.25, 0.3) is 0 Å². The summed E-state index contributed by atoms with van der Waals surface area (Å²) < 4.78 is 44.9. The predicted octanol–water partition coefficient (Wildman–Crippen LogP) is 2.60. The van der Waals surface area contributed by atoms with Gasteiger partial charge in [0.05, 0.1) is 18.9 Å². The Labute approximate surface area is 170 Å². The standard InChI is InChI=1S/C21H19F3N2O4/c1-30-11-4-2-3-10(7-11)25(20(29)21(22,23)24)9-26-18(27)16-12-5-6-13(15-8-14(12)15)17(16)19(26)28/h2-7,12-17H,8-9H2,1H3. The molecule has 1 saturated heterocycles. The molecule has 1 heterocycles. The van der Waals surface area contributed by atoms with Crippen molar-refractivity contribution in [1.82, 2.24) is 4.90 Å². The monoisotopic (exact) mass is 420 g/mol. The normalized spacial score (nSPS) is 33.4. The van der Waals surface area contributed by atoms with Crippen molar-refractivity contribution in [2.75, 3.05) is 18.7 Å². The molecule has 3 fully saturated rings. The van der Waals surface area contributed by atoms with Gasteiger partial charge in [-0.25, -0.2) is 0 Å². The minimum atomic E-state index is -5.16. The molecule has 6 atom stereocenters. The number of hydrogen-bond donors (Lipinski definition) is 0. The van der Waals surface area contributed by atoms with Gasteiger partial charge in [0, 0.05) is 11.8 Å². The summed E-state index contributed by atoms with van der Waals surface area (Å²) >= 11 is 0. The molecule has 0 spiro atoms. The van der Waals surface area contributed by atoms with E-state index in [4.69, 9.17) is 4.74 Å². The van der Waals surface area contributed by atoms with E-state index in [-0.39, 0.29) is 23.3 Å². The van der Waals surface area contributed by atoms with Crippen molar-refractivity contribution in [2.24, 2.45) is 35.5 Å². The van der Waals surface area contributed by atoms with E-state index in [0.29, 0.717) is 16.7 Å². The average Bonchev–Trinajstić information content (AvgIpc) is 3.50. The summed E-state index contributed by atoms with van der Waals surface area (Å²) in [7, 11) is 1.35. The molecule has 0 N–H and O–H groups in total. The molecule has 1 aromatic carbocycles. The van der Waals surface area contributed by atoms with E-state index in [9.17, 15) is 27.6 Å². The highest BCUT2D eigenvalue weighted by Crippen LogP contribution is 2.65. The first-order valence-electron chi connectivity index (χ1n) is 9.78. The van der Waals surface area contributed by atoms with E-state index in [1.165, 1.54) is 31.4 Å². The summed E-state index contributed by atoms with van der Waals surface area (Å²) in [6.45, 7) is -0.773. The molecule has 6 rings (SSSR count). The van der Waals surface area contributed by atoms with Gasteiger partial charge < -0.3 is 4.74 Å². The molecule has 6 unspecified atom stereocenters. The highest BCUT2D eigenvalue weighted by Gasteiger charge is 2.67. The zero-order chi connectivity index (χ0) is 21.4. The molecule has 6 nitrogen and oxygen atoms in total. The number of allylic oxidation sites excluding steroid dienone is 2. The number of carbonyl (C=O) groups is 3. The smallest absolute Gasteiger partial charge is 0.471 e. The summed E-state index contributed by atoms with van der Waals surface area (Å²) in [5.74, 6) is -3.28. The van der Waals surface area contributed by atoms with Crippen molar-refractivity contribution >= 4 is 23.4 Å². The van der Waals surface area contributed by atoms with Crippen LogP contribution in [0.15, 0.2) is 36.4 Å². The molecule has 2 saturated carbocycles. The van der Waals surface area contributed by atoms with Crippen LogP contribution in [-0.2, 0) is 14.4 Å². The third-order valence-corrected chi connectivity index (χ3v) is 6.89. The molecule has 30 heavy (non-hydrogen) atoms. The summed E-state index contributed by atoms with van der Waals surface area (Å²) in [5.41, 5.74) is -0.101. The first-order chi connectivity index (χ1) is 14.2. The molecule has 158 valence electrons. The Morgan fingerprint density at radius 3 is 2.27 bits per heavy atom. The second-order valence-corrected chi connectivity index (χ2v) is 8.33. The number of nitrogens with zero attached hydrogens (tertiary/aromatic N) is 2. The van der Waals surface area contributed by atoms with E-state index in [2.05, 4.69) is 0 Å². The van der Waals surface area contributed by atoms with Gasteiger partial charge in [-0.1, -0.05) is 18.2 Å². The van der Waals surface area contributed by atoms with Gasteiger partial charge in [0.15, 0.2) is 0 Å². The molecule has 0 radical (unpaired) electrons. The van der Waals surface area contributed by atoms with Crippen molar-refractivity contribution in [3.8, 4) is 5.75 Å². The maximum atomic E-state index is 13.3. The number of alkyl halides is 3. The number of carbonyl (C=O) groups excluding carboxylic acids is 3. The van der Waals surface area contributed by atoms with E-state index in [1.807, 2.05) is 12.2 Å². The van der Waals surface area contributed by atoms with Crippen LogP contribution in [0.4, 0.5) is 18.9 Å². The number of methoxy groups -OCH3 is 1. The molecule has 3 amide bonds. The summed E-state index contributed by atoms with van der Waals surface area (Å²) in [5, 5.41) is 0. The van der Waals surface area contributed by atoms with Crippen molar-refractivity contribution < 1.29 is 32.3 Å². The van der Waals surface area contributed by atoms with Crippen LogP contribution in [0.2, 0.25) is 0 Å². The summed E-state index contributed by atoms with van der Waals surface area (Å²) in [4.78, 5) is 39.6. The fourth-order valence-electron chi connectivity index (χ4n) is 5.49. The van der Waals surface area contributed by atoms with Crippen LogP contribution >= 0.6 is 0 Å².